The summed E-state index contributed by atoms with van der Waals surface area (Å²) in [7, 11) is 0. The van der Waals surface area contributed by atoms with Gasteiger partial charge in [0.25, 0.3) is 5.69 Å². The third-order valence-electron chi connectivity index (χ3n) is 2.16. The van der Waals surface area contributed by atoms with Crippen molar-refractivity contribution in [3.63, 3.8) is 0 Å². The average Bonchev–Trinajstić information content (AvgIpc) is 2.25. The number of nitrogens with two attached hydrogens (primary N) is 1. The van der Waals surface area contributed by atoms with E-state index in [1.165, 1.54) is 0 Å². The highest BCUT2D eigenvalue weighted by Gasteiger charge is 2.34. The first-order valence-electron chi connectivity index (χ1n) is 4.48. The number of nitro benzene ring substituents is 1. The van der Waals surface area contributed by atoms with E-state index in [2.05, 4.69) is 0 Å². The molecule has 0 radical (unpaired) electrons. The zero-order valence-electron chi connectivity index (χ0n) is 8.64. The predicted octanol–water partition coefficient (Wildman–Crippen LogP) is 1.70. The molecule has 0 spiro atoms. The highest BCUT2D eigenvalue weighted by molar-refractivity contribution is 5.77. The molecule has 0 heterocycles. The van der Waals surface area contributed by atoms with Crippen LogP contribution in [0.5, 0.6) is 0 Å². The van der Waals surface area contributed by atoms with Crippen molar-refractivity contribution in [1.29, 1.82) is 0 Å². The van der Waals surface area contributed by atoms with Crippen LogP contribution in [-0.4, -0.2) is 16.0 Å². The lowest BCUT2D eigenvalue weighted by Gasteiger charge is -2.11. The smallest absolute Gasteiger partial charge is 0.416 e. The molecular formula is C9H7F3N2O4. The first-order chi connectivity index (χ1) is 8.14. The third-order valence-corrected chi connectivity index (χ3v) is 2.16. The summed E-state index contributed by atoms with van der Waals surface area (Å²) in [6.07, 6.45) is -4.75. The highest BCUT2D eigenvalue weighted by atomic mass is 19.4. The molecule has 9 heteroatoms. The molecule has 0 bridgehead atoms. The van der Waals surface area contributed by atoms with Crippen molar-refractivity contribution < 1.29 is 28.0 Å². The van der Waals surface area contributed by atoms with E-state index < -0.39 is 39.9 Å². The van der Waals surface area contributed by atoms with E-state index in [9.17, 15) is 28.1 Å². The topological polar surface area (TPSA) is 106 Å². The van der Waals surface area contributed by atoms with Crippen LogP contribution in [0, 0.1) is 10.1 Å². The van der Waals surface area contributed by atoms with Gasteiger partial charge in [-0.2, -0.15) is 13.2 Å². The van der Waals surface area contributed by atoms with Gasteiger partial charge in [-0.15, -0.1) is 0 Å². The van der Waals surface area contributed by atoms with E-state index in [0.29, 0.717) is 12.1 Å². The number of rotatable bonds is 3. The molecule has 0 aromatic heterocycles. The Balaban J connectivity index is 3.39. The van der Waals surface area contributed by atoms with Gasteiger partial charge in [0.15, 0.2) is 0 Å². The molecule has 1 aromatic rings. The lowest BCUT2D eigenvalue weighted by molar-refractivity contribution is -0.385. The number of carbonyl (C=O) groups is 1. The van der Waals surface area contributed by atoms with Gasteiger partial charge in [0.05, 0.1) is 16.1 Å². The lowest BCUT2D eigenvalue weighted by Crippen LogP contribution is -2.22. The van der Waals surface area contributed by atoms with E-state index in [1.54, 1.807) is 0 Å². The second-order valence-electron chi connectivity index (χ2n) is 3.34. The number of hydrogen-bond acceptors (Lipinski definition) is 4. The Labute approximate surface area is 98.0 Å². The number of carboxylic acid groups (broad SMARTS) is 1. The van der Waals surface area contributed by atoms with Gasteiger partial charge in [0.2, 0.25) is 0 Å². The minimum absolute atomic E-state index is 0.262. The molecule has 98 valence electrons. The maximum atomic E-state index is 12.4. The van der Waals surface area contributed by atoms with E-state index in [1.807, 2.05) is 0 Å². The van der Waals surface area contributed by atoms with Crippen LogP contribution in [0.3, 0.4) is 0 Å². The van der Waals surface area contributed by atoms with Gasteiger partial charge in [-0.1, -0.05) is 0 Å². The Morgan fingerprint density at radius 3 is 2.39 bits per heavy atom. The van der Waals surface area contributed by atoms with Crippen molar-refractivity contribution in [3.05, 3.63) is 39.4 Å². The monoisotopic (exact) mass is 264 g/mol. The van der Waals surface area contributed by atoms with Crippen LogP contribution in [0.15, 0.2) is 18.2 Å². The lowest BCUT2D eigenvalue weighted by atomic mass is 10.0. The Morgan fingerprint density at radius 1 is 1.44 bits per heavy atom. The summed E-state index contributed by atoms with van der Waals surface area (Å²) in [5.41, 5.74) is 2.45. The summed E-state index contributed by atoms with van der Waals surface area (Å²) < 4.78 is 37.1. The molecule has 0 aliphatic rings. The number of hydrogen-bond donors (Lipinski definition) is 2. The fraction of sp³-hybridized carbons (Fsp3) is 0.222. The molecule has 0 aliphatic carbocycles. The van der Waals surface area contributed by atoms with Gasteiger partial charge in [-0.05, 0) is 12.1 Å². The number of alkyl halides is 3. The highest BCUT2D eigenvalue weighted by Crippen LogP contribution is 2.34. The second kappa shape index (κ2) is 4.61. The summed E-state index contributed by atoms with van der Waals surface area (Å²) in [6.45, 7) is 0. The van der Waals surface area contributed by atoms with Gasteiger partial charge in [-0.25, -0.2) is 0 Å². The van der Waals surface area contributed by atoms with Crippen LogP contribution in [0.25, 0.3) is 0 Å². The van der Waals surface area contributed by atoms with Crippen molar-refractivity contribution >= 4 is 11.7 Å². The average molecular weight is 264 g/mol. The number of nitro groups is 1. The molecule has 0 fully saturated rings. The molecule has 1 atom stereocenters. The van der Waals surface area contributed by atoms with Gasteiger partial charge < -0.3 is 10.8 Å². The number of carboxylic acids is 1. The van der Waals surface area contributed by atoms with E-state index in [0.717, 1.165) is 0 Å². The Morgan fingerprint density at radius 2 is 2.00 bits per heavy atom. The van der Waals surface area contributed by atoms with Crippen LogP contribution in [-0.2, 0) is 11.0 Å². The van der Waals surface area contributed by atoms with Crippen LogP contribution < -0.4 is 5.73 Å². The third kappa shape index (κ3) is 2.74. The first-order valence-corrected chi connectivity index (χ1v) is 4.48. The van der Waals surface area contributed by atoms with Crippen molar-refractivity contribution in [2.45, 2.75) is 12.2 Å². The van der Waals surface area contributed by atoms with Gasteiger partial charge >= 0.3 is 12.1 Å². The summed E-state index contributed by atoms with van der Waals surface area (Å²) in [5, 5.41) is 19.2. The fourth-order valence-electron chi connectivity index (χ4n) is 1.27. The van der Waals surface area contributed by atoms with Crippen LogP contribution >= 0.6 is 0 Å². The standard InChI is InChI=1S/C9H7F3N2O4/c10-9(11,12)4-1-2-5(7(13)8(15)16)6(3-4)14(17)18/h1-3,7H,13H2,(H,15,16)/t7-/m0/s1. The molecule has 0 unspecified atom stereocenters. The SMILES string of the molecule is N[C@H](C(=O)O)c1ccc(C(F)(F)F)cc1[N+](=O)[O-]. The zero-order valence-corrected chi connectivity index (χ0v) is 8.64. The van der Waals surface area contributed by atoms with Crippen molar-refractivity contribution in [1.82, 2.24) is 0 Å². The van der Waals surface area contributed by atoms with E-state index >= 15 is 0 Å². The molecule has 0 amide bonds. The Kier molecular flexibility index (Phi) is 3.56. The van der Waals surface area contributed by atoms with Crippen molar-refractivity contribution in [3.8, 4) is 0 Å². The molecule has 18 heavy (non-hydrogen) atoms. The summed E-state index contributed by atoms with van der Waals surface area (Å²) >= 11 is 0. The largest absolute Gasteiger partial charge is 0.480 e. The number of benzene rings is 1. The molecule has 1 aromatic carbocycles. The second-order valence-corrected chi connectivity index (χ2v) is 3.34. The van der Waals surface area contributed by atoms with Gasteiger partial charge in [0, 0.05) is 6.07 Å². The number of halogens is 3. The summed E-state index contributed by atoms with van der Waals surface area (Å²) in [6, 6.07) is -0.254. The summed E-state index contributed by atoms with van der Waals surface area (Å²) in [4.78, 5) is 20.1. The number of nitrogens with zero attached hydrogens (tertiary/aromatic N) is 1. The van der Waals surface area contributed by atoms with E-state index in [4.69, 9.17) is 10.8 Å². The van der Waals surface area contributed by atoms with Crippen molar-refractivity contribution in [2.75, 3.05) is 0 Å². The first kappa shape index (κ1) is 13.9. The minimum Gasteiger partial charge on any atom is -0.480 e. The van der Waals surface area contributed by atoms with Crippen molar-refractivity contribution in [2.24, 2.45) is 5.73 Å². The molecule has 6 nitrogen and oxygen atoms in total. The molecule has 3 N–H and O–H groups in total. The molecule has 0 saturated heterocycles. The van der Waals surface area contributed by atoms with Gasteiger partial charge in [-0.3, -0.25) is 14.9 Å². The van der Waals surface area contributed by atoms with E-state index in [-0.39, 0.29) is 6.07 Å². The van der Waals surface area contributed by atoms with Crippen LogP contribution in [0.2, 0.25) is 0 Å². The summed E-state index contributed by atoms with van der Waals surface area (Å²) in [5.74, 6) is -1.57. The quantitative estimate of drug-likeness (QED) is 0.638. The van der Waals surface area contributed by atoms with Crippen LogP contribution in [0.1, 0.15) is 17.2 Å². The predicted molar refractivity (Wildman–Crippen MR) is 52.7 cm³/mol. The van der Waals surface area contributed by atoms with Crippen LogP contribution in [0.4, 0.5) is 18.9 Å². The number of aliphatic carboxylic acids is 1. The molecule has 0 aliphatic heterocycles. The molecule has 0 saturated carbocycles. The normalized spacial score (nSPS) is 13.1. The minimum atomic E-state index is -4.75. The Bertz CT molecular complexity index is 501. The van der Waals surface area contributed by atoms with Gasteiger partial charge in [0.1, 0.15) is 6.04 Å². The maximum absolute atomic E-state index is 12.4. The molecule has 1 rings (SSSR count). The fourth-order valence-corrected chi connectivity index (χ4v) is 1.27. The molecular weight excluding hydrogens is 257 g/mol. The maximum Gasteiger partial charge on any atom is 0.416 e. The zero-order chi connectivity index (χ0) is 14.1. The Hall–Kier alpha value is -2.16.